The van der Waals surface area contributed by atoms with Gasteiger partial charge in [0.2, 0.25) is 0 Å². The van der Waals surface area contributed by atoms with Crippen molar-refractivity contribution < 1.29 is 10.2 Å². The Morgan fingerprint density at radius 3 is 2.44 bits per heavy atom. The fourth-order valence-electron chi connectivity index (χ4n) is 1.88. The van der Waals surface area contributed by atoms with Gasteiger partial charge < -0.3 is 15.5 Å². The van der Waals surface area contributed by atoms with Crippen molar-refractivity contribution in [1.82, 2.24) is 5.32 Å². The molecule has 1 aromatic rings. The summed E-state index contributed by atoms with van der Waals surface area (Å²) >= 11 is 0. The maximum absolute atomic E-state index is 9.91. The lowest BCUT2D eigenvalue weighted by molar-refractivity contribution is 0.170. The zero-order chi connectivity index (χ0) is 11.4. The lowest BCUT2D eigenvalue weighted by atomic mass is 10.1. The minimum Gasteiger partial charge on any atom is -0.508 e. The number of rotatable bonds is 4. The van der Waals surface area contributed by atoms with Gasteiger partial charge in [-0.25, -0.2) is 0 Å². The summed E-state index contributed by atoms with van der Waals surface area (Å²) in [5.41, 5.74) is 0.830. The van der Waals surface area contributed by atoms with Gasteiger partial charge in [-0.3, -0.25) is 0 Å². The highest BCUT2D eigenvalue weighted by molar-refractivity contribution is 5.27. The third-order valence-corrected chi connectivity index (χ3v) is 2.89. The van der Waals surface area contributed by atoms with Crippen LogP contribution in [0.2, 0.25) is 0 Å². The van der Waals surface area contributed by atoms with E-state index >= 15 is 0 Å². The number of benzene rings is 1. The van der Waals surface area contributed by atoms with Gasteiger partial charge in [0.15, 0.2) is 0 Å². The Kier molecular flexibility index (Phi) is 3.59. The SMILES string of the molecule is Oc1ccc(C(O)CNC2CC=CC2)cc1. The Morgan fingerprint density at radius 2 is 1.81 bits per heavy atom. The van der Waals surface area contributed by atoms with Crippen molar-refractivity contribution in [3.05, 3.63) is 42.0 Å². The molecule has 0 fully saturated rings. The van der Waals surface area contributed by atoms with Crippen LogP contribution in [0.5, 0.6) is 5.75 Å². The van der Waals surface area contributed by atoms with Crippen molar-refractivity contribution >= 4 is 0 Å². The number of aliphatic hydroxyl groups excluding tert-OH is 1. The molecule has 0 aromatic heterocycles. The van der Waals surface area contributed by atoms with Crippen molar-refractivity contribution in [3.63, 3.8) is 0 Å². The van der Waals surface area contributed by atoms with Crippen LogP contribution >= 0.6 is 0 Å². The highest BCUT2D eigenvalue weighted by Crippen LogP contribution is 2.17. The first-order valence-corrected chi connectivity index (χ1v) is 5.61. The summed E-state index contributed by atoms with van der Waals surface area (Å²) in [5, 5.41) is 22.4. The van der Waals surface area contributed by atoms with E-state index < -0.39 is 6.10 Å². The van der Waals surface area contributed by atoms with E-state index in [0.29, 0.717) is 12.6 Å². The van der Waals surface area contributed by atoms with Crippen LogP contribution in [0, 0.1) is 0 Å². The number of hydrogen-bond acceptors (Lipinski definition) is 3. The monoisotopic (exact) mass is 219 g/mol. The molecular formula is C13H17NO2. The smallest absolute Gasteiger partial charge is 0.115 e. The van der Waals surface area contributed by atoms with E-state index in [1.54, 1.807) is 24.3 Å². The molecule has 1 aliphatic rings. The van der Waals surface area contributed by atoms with Crippen molar-refractivity contribution in [3.8, 4) is 5.75 Å². The number of hydrogen-bond donors (Lipinski definition) is 3. The molecule has 0 spiro atoms. The van der Waals surface area contributed by atoms with Crippen LogP contribution in [0.25, 0.3) is 0 Å². The molecule has 0 radical (unpaired) electrons. The van der Waals surface area contributed by atoms with Crippen molar-refractivity contribution in [1.29, 1.82) is 0 Å². The quantitative estimate of drug-likeness (QED) is 0.676. The van der Waals surface area contributed by atoms with Gasteiger partial charge in [-0.2, -0.15) is 0 Å². The average molecular weight is 219 g/mol. The van der Waals surface area contributed by atoms with E-state index in [1.807, 2.05) is 0 Å². The summed E-state index contributed by atoms with van der Waals surface area (Å²) in [6, 6.07) is 7.14. The van der Waals surface area contributed by atoms with Crippen LogP contribution in [0.4, 0.5) is 0 Å². The lowest BCUT2D eigenvalue weighted by Crippen LogP contribution is -2.30. The van der Waals surface area contributed by atoms with E-state index in [9.17, 15) is 5.11 Å². The van der Waals surface area contributed by atoms with Crippen LogP contribution in [0.15, 0.2) is 36.4 Å². The van der Waals surface area contributed by atoms with E-state index in [0.717, 1.165) is 18.4 Å². The Balaban J connectivity index is 1.82. The summed E-state index contributed by atoms with van der Waals surface area (Å²) in [6.07, 6.45) is 5.89. The summed E-state index contributed by atoms with van der Waals surface area (Å²) in [6.45, 7) is 0.553. The van der Waals surface area contributed by atoms with E-state index in [1.165, 1.54) is 0 Å². The lowest BCUT2D eigenvalue weighted by Gasteiger charge is -2.16. The minimum absolute atomic E-state index is 0.226. The largest absolute Gasteiger partial charge is 0.508 e. The summed E-state index contributed by atoms with van der Waals surface area (Å²) in [4.78, 5) is 0. The number of phenols is 1. The molecule has 1 atom stereocenters. The van der Waals surface area contributed by atoms with Gasteiger partial charge >= 0.3 is 0 Å². The Labute approximate surface area is 95.4 Å². The highest BCUT2D eigenvalue weighted by Gasteiger charge is 2.12. The summed E-state index contributed by atoms with van der Waals surface area (Å²) < 4.78 is 0. The molecule has 0 saturated heterocycles. The van der Waals surface area contributed by atoms with Crippen molar-refractivity contribution in [2.75, 3.05) is 6.54 Å². The molecule has 1 unspecified atom stereocenters. The van der Waals surface area contributed by atoms with Gasteiger partial charge in [0.1, 0.15) is 5.75 Å². The zero-order valence-corrected chi connectivity index (χ0v) is 9.13. The van der Waals surface area contributed by atoms with Crippen molar-refractivity contribution in [2.45, 2.75) is 25.0 Å². The van der Waals surface area contributed by atoms with Gasteiger partial charge in [-0.05, 0) is 30.5 Å². The standard InChI is InChI=1S/C13H17NO2/c15-12-7-5-10(6-8-12)13(16)9-14-11-3-1-2-4-11/h1-2,5-8,11,13-16H,3-4,9H2. The second-order valence-electron chi connectivity index (χ2n) is 4.16. The summed E-state index contributed by atoms with van der Waals surface area (Å²) in [7, 11) is 0. The first-order chi connectivity index (χ1) is 7.75. The number of aromatic hydroxyl groups is 1. The minimum atomic E-state index is -0.513. The predicted octanol–water partition coefficient (Wildman–Crippen LogP) is 1.73. The fourth-order valence-corrected chi connectivity index (χ4v) is 1.88. The second-order valence-corrected chi connectivity index (χ2v) is 4.16. The average Bonchev–Trinajstić information content (AvgIpc) is 2.80. The second kappa shape index (κ2) is 5.14. The third-order valence-electron chi connectivity index (χ3n) is 2.89. The molecule has 1 aliphatic carbocycles. The first kappa shape index (κ1) is 11.2. The zero-order valence-electron chi connectivity index (χ0n) is 9.13. The molecule has 3 heteroatoms. The first-order valence-electron chi connectivity index (χ1n) is 5.61. The highest BCUT2D eigenvalue weighted by atomic mass is 16.3. The molecule has 16 heavy (non-hydrogen) atoms. The van der Waals surface area contributed by atoms with E-state index in [-0.39, 0.29) is 5.75 Å². The molecule has 0 heterocycles. The van der Waals surface area contributed by atoms with Crippen LogP contribution in [-0.2, 0) is 0 Å². The van der Waals surface area contributed by atoms with Crippen LogP contribution in [0.1, 0.15) is 24.5 Å². The van der Waals surface area contributed by atoms with E-state index in [4.69, 9.17) is 5.11 Å². The normalized spacial score (nSPS) is 17.8. The van der Waals surface area contributed by atoms with Gasteiger partial charge in [-0.15, -0.1) is 0 Å². The molecular weight excluding hydrogens is 202 g/mol. The molecule has 0 bridgehead atoms. The van der Waals surface area contributed by atoms with Crippen molar-refractivity contribution in [2.24, 2.45) is 0 Å². The van der Waals surface area contributed by atoms with E-state index in [2.05, 4.69) is 17.5 Å². The molecule has 0 amide bonds. The fraction of sp³-hybridized carbons (Fsp3) is 0.385. The molecule has 2 rings (SSSR count). The molecule has 3 N–H and O–H groups in total. The molecule has 3 nitrogen and oxygen atoms in total. The van der Waals surface area contributed by atoms with Gasteiger partial charge in [0, 0.05) is 12.6 Å². The summed E-state index contributed by atoms with van der Waals surface area (Å²) in [5.74, 6) is 0.226. The molecule has 0 saturated carbocycles. The third kappa shape index (κ3) is 2.84. The predicted molar refractivity (Wildman–Crippen MR) is 63.2 cm³/mol. The number of aliphatic hydroxyl groups is 1. The maximum atomic E-state index is 9.91. The number of phenolic OH excluding ortho intramolecular Hbond substituents is 1. The molecule has 1 aromatic carbocycles. The van der Waals surface area contributed by atoms with Crippen LogP contribution in [0.3, 0.4) is 0 Å². The Morgan fingerprint density at radius 1 is 1.19 bits per heavy atom. The molecule has 86 valence electrons. The topological polar surface area (TPSA) is 52.5 Å². The Bertz CT molecular complexity index is 351. The maximum Gasteiger partial charge on any atom is 0.115 e. The van der Waals surface area contributed by atoms with Crippen LogP contribution < -0.4 is 5.32 Å². The van der Waals surface area contributed by atoms with Gasteiger partial charge in [0.25, 0.3) is 0 Å². The molecule has 0 aliphatic heterocycles. The number of nitrogens with one attached hydrogen (secondary N) is 1. The Hall–Kier alpha value is -1.32. The van der Waals surface area contributed by atoms with Crippen LogP contribution in [-0.4, -0.2) is 22.8 Å². The van der Waals surface area contributed by atoms with Gasteiger partial charge in [0.05, 0.1) is 6.10 Å². The van der Waals surface area contributed by atoms with Gasteiger partial charge in [-0.1, -0.05) is 24.3 Å².